The topological polar surface area (TPSA) is 83.7 Å². The Labute approximate surface area is 111 Å². The smallest absolute Gasteiger partial charge is 0.272 e. The first-order valence-corrected chi connectivity index (χ1v) is 5.85. The molecular weight excluding hydrogens is 248 g/mol. The third kappa shape index (κ3) is 3.08. The molecular formula is C13H18N2O4. The minimum atomic E-state index is -0.688. The lowest BCUT2D eigenvalue weighted by Gasteiger charge is -2.34. The SMILES string of the molecule is Cc1cc(C(=O)N(C)C(C)(C)CO)ccc1[N+](=O)[O-]. The van der Waals surface area contributed by atoms with Crippen molar-refractivity contribution >= 4 is 11.6 Å². The van der Waals surface area contributed by atoms with Crippen molar-refractivity contribution in [3.8, 4) is 0 Å². The van der Waals surface area contributed by atoms with Gasteiger partial charge in [0.25, 0.3) is 11.6 Å². The number of benzene rings is 1. The average Bonchev–Trinajstić information content (AvgIpc) is 2.36. The maximum Gasteiger partial charge on any atom is 0.272 e. The number of carbonyl (C=O) groups excluding carboxylic acids is 1. The van der Waals surface area contributed by atoms with Crippen molar-refractivity contribution in [2.24, 2.45) is 0 Å². The number of rotatable bonds is 4. The second-order valence-electron chi connectivity index (χ2n) is 5.09. The number of aliphatic hydroxyl groups is 1. The normalized spacial score (nSPS) is 11.2. The molecule has 0 aliphatic carbocycles. The number of amides is 1. The zero-order valence-electron chi connectivity index (χ0n) is 11.5. The lowest BCUT2D eigenvalue weighted by atomic mass is 10.0. The molecule has 0 saturated carbocycles. The quantitative estimate of drug-likeness (QED) is 0.664. The Morgan fingerprint density at radius 3 is 2.47 bits per heavy atom. The van der Waals surface area contributed by atoms with Gasteiger partial charge in [0.2, 0.25) is 0 Å². The molecule has 0 heterocycles. The van der Waals surface area contributed by atoms with Gasteiger partial charge in [-0.05, 0) is 32.9 Å². The molecule has 1 N–H and O–H groups in total. The van der Waals surface area contributed by atoms with Crippen molar-refractivity contribution in [2.75, 3.05) is 13.7 Å². The van der Waals surface area contributed by atoms with Crippen LogP contribution in [-0.4, -0.2) is 40.0 Å². The molecule has 1 rings (SSSR count). The number of nitro benzene ring substituents is 1. The van der Waals surface area contributed by atoms with E-state index in [0.717, 1.165) is 0 Å². The Morgan fingerprint density at radius 2 is 2.05 bits per heavy atom. The number of nitrogens with zero attached hydrogens (tertiary/aromatic N) is 2. The molecule has 0 radical (unpaired) electrons. The lowest BCUT2D eigenvalue weighted by molar-refractivity contribution is -0.385. The minimum absolute atomic E-state index is 0.0133. The largest absolute Gasteiger partial charge is 0.394 e. The van der Waals surface area contributed by atoms with Crippen LogP contribution in [0.4, 0.5) is 5.69 Å². The Hall–Kier alpha value is -1.95. The van der Waals surface area contributed by atoms with Crippen molar-refractivity contribution < 1.29 is 14.8 Å². The fourth-order valence-corrected chi connectivity index (χ4v) is 1.57. The van der Waals surface area contributed by atoms with Gasteiger partial charge in [-0.15, -0.1) is 0 Å². The fourth-order valence-electron chi connectivity index (χ4n) is 1.57. The van der Waals surface area contributed by atoms with Crippen LogP contribution in [0.1, 0.15) is 29.8 Å². The summed E-state index contributed by atoms with van der Waals surface area (Å²) in [6.07, 6.45) is 0. The number of carbonyl (C=O) groups is 1. The minimum Gasteiger partial charge on any atom is -0.394 e. The highest BCUT2D eigenvalue weighted by Crippen LogP contribution is 2.21. The summed E-state index contributed by atoms with van der Waals surface area (Å²) in [5.74, 6) is -0.281. The van der Waals surface area contributed by atoms with Crippen LogP contribution in [0.3, 0.4) is 0 Å². The van der Waals surface area contributed by atoms with Crippen LogP contribution in [0.15, 0.2) is 18.2 Å². The molecule has 0 spiro atoms. The molecule has 0 unspecified atom stereocenters. The predicted octanol–water partition coefficient (Wildman–Crippen LogP) is 1.75. The maximum atomic E-state index is 12.2. The monoisotopic (exact) mass is 266 g/mol. The van der Waals surface area contributed by atoms with Gasteiger partial charge < -0.3 is 10.0 Å². The average molecular weight is 266 g/mol. The lowest BCUT2D eigenvalue weighted by Crippen LogP contribution is -2.47. The summed E-state index contributed by atoms with van der Waals surface area (Å²) >= 11 is 0. The molecule has 0 fully saturated rings. The molecule has 6 heteroatoms. The second kappa shape index (κ2) is 5.36. The fraction of sp³-hybridized carbons (Fsp3) is 0.462. The van der Waals surface area contributed by atoms with Crippen LogP contribution < -0.4 is 0 Å². The molecule has 1 aromatic rings. The Bertz CT molecular complexity index is 511. The Morgan fingerprint density at radius 1 is 1.47 bits per heavy atom. The molecule has 6 nitrogen and oxygen atoms in total. The van der Waals surface area contributed by atoms with Crippen LogP contribution in [-0.2, 0) is 0 Å². The van der Waals surface area contributed by atoms with Gasteiger partial charge in [-0.2, -0.15) is 0 Å². The molecule has 0 aliphatic rings. The van der Waals surface area contributed by atoms with Crippen molar-refractivity contribution in [1.82, 2.24) is 4.90 Å². The van der Waals surface area contributed by atoms with Crippen molar-refractivity contribution in [3.63, 3.8) is 0 Å². The highest BCUT2D eigenvalue weighted by atomic mass is 16.6. The maximum absolute atomic E-state index is 12.2. The number of likely N-dealkylation sites (N-methyl/N-ethyl adjacent to an activating group) is 1. The van der Waals surface area contributed by atoms with Crippen molar-refractivity contribution in [2.45, 2.75) is 26.3 Å². The van der Waals surface area contributed by atoms with Gasteiger partial charge in [0, 0.05) is 24.2 Å². The van der Waals surface area contributed by atoms with Gasteiger partial charge in [-0.25, -0.2) is 0 Å². The zero-order valence-corrected chi connectivity index (χ0v) is 11.5. The summed E-state index contributed by atoms with van der Waals surface area (Å²) in [6, 6.07) is 4.24. The molecule has 0 saturated heterocycles. The zero-order chi connectivity index (χ0) is 14.8. The van der Waals surface area contributed by atoms with E-state index in [-0.39, 0.29) is 18.2 Å². The highest BCUT2D eigenvalue weighted by molar-refractivity contribution is 5.95. The van der Waals surface area contributed by atoms with Crippen LogP contribution in [0.25, 0.3) is 0 Å². The number of aryl methyl sites for hydroxylation is 1. The number of hydrogen-bond donors (Lipinski definition) is 1. The van der Waals surface area contributed by atoms with Crippen LogP contribution in [0.2, 0.25) is 0 Å². The van der Waals surface area contributed by atoms with Gasteiger partial charge in [0.1, 0.15) is 0 Å². The summed E-state index contributed by atoms with van der Waals surface area (Å²) in [6.45, 7) is 4.90. The summed E-state index contributed by atoms with van der Waals surface area (Å²) in [4.78, 5) is 23.9. The van der Waals surface area contributed by atoms with Gasteiger partial charge in [0.05, 0.1) is 17.1 Å². The summed E-state index contributed by atoms with van der Waals surface area (Å²) < 4.78 is 0. The van der Waals surface area contributed by atoms with Crippen molar-refractivity contribution in [1.29, 1.82) is 0 Å². The van der Waals surface area contributed by atoms with E-state index in [0.29, 0.717) is 11.1 Å². The number of nitro groups is 1. The highest BCUT2D eigenvalue weighted by Gasteiger charge is 2.28. The standard InChI is InChI=1S/C13H18N2O4/c1-9-7-10(5-6-11(9)15(18)19)12(17)14(4)13(2,3)8-16/h5-7,16H,8H2,1-4H3. The van der Waals surface area contributed by atoms with E-state index >= 15 is 0 Å². The first-order chi connectivity index (χ1) is 8.70. The van der Waals surface area contributed by atoms with Gasteiger partial charge >= 0.3 is 0 Å². The first-order valence-electron chi connectivity index (χ1n) is 5.85. The molecule has 0 atom stereocenters. The Balaban J connectivity index is 3.08. The summed E-state index contributed by atoms with van der Waals surface area (Å²) in [7, 11) is 1.59. The molecule has 0 aliphatic heterocycles. The molecule has 0 bridgehead atoms. The molecule has 1 amide bonds. The van der Waals surface area contributed by atoms with Crippen LogP contribution >= 0.6 is 0 Å². The van der Waals surface area contributed by atoms with E-state index in [4.69, 9.17) is 0 Å². The van der Waals surface area contributed by atoms with Gasteiger partial charge in [-0.1, -0.05) is 0 Å². The first kappa shape index (κ1) is 15.1. The van der Waals surface area contributed by atoms with Crippen molar-refractivity contribution in [3.05, 3.63) is 39.4 Å². The number of hydrogen-bond acceptors (Lipinski definition) is 4. The van der Waals surface area contributed by atoms with E-state index in [1.807, 2.05) is 0 Å². The van der Waals surface area contributed by atoms with Crippen LogP contribution in [0.5, 0.6) is 0 Å². The van der Waals surface area contributed by atoms with Gasteiger partial charge in [-0.3, -0.25) is 14.9 Å². The van der Waals surface area contributed by atoms with Crippen LogP contribution in [0, 0.1) is 17.0 Å². The van der Waals surface area contributed by atoms with E-state index in [9.17, 15) is 20.0 Å². The van der Waals surface area contributed by atoms with E-state index in [2.05, 4.69) is 0 Å². The molecule has 0 aromatic heterocycles. The third-order valence-corrected chi connectivity index (χ3v) is 3.24. The predicted molar refractivity (Wildman–Crippen MR) is 71.1 cm³/mol. The summed E-state index contributed by atoms with van der Waals surface area (Å²) in [5, 5.41) is 20.0. The number of aliphatic hydroxyl groups excluding tert-OH is 1. The second-order valence-corrected chi connectivity index (χ2v) is 5.09. The summed E-state index contributed by atoms with van der Waals surface area (Å²) in [5.41, 5.74) is 0.103. The van der Waals surface area contributed by atoms with E-state index in [1.165, 1.54) is 23.1 Å². The molecule has 1 aromatic carbocycles. The third-order valence-electron chi connectivity index (χ3n) is 3.24. The van der Waals surface area contributed by atoms with E-state index < -0.39 is 10.5 Å². The van der Waals surface area contributed by atoms with E-state index in [1.54, 1.807) is 27.8 Å². The molecule has 19 heavy (non-hydrogen) atoms. The van der Waals surface area contributed by atoms with Gasteiger partial charge in [0.15, 0.2) is 0 Å². The Kier molecular flexibility index (Phi) is 4.26. The molecule has 104 valence electrons.